The van der Waals surface area contributed by atoms with Crippen molar-refractivity contribution in [3.8, 4) is 0 Å². The summed E-state index contributed by atoms with van der Waals surface area (Å²) in [6.45, 7) is 0.339. The first-order valence-electron chi connectivity index (χ1n) is 17.6. The number of benzene rings is 5. The summed E-state index contributed by atoms with van der Waals surface area (Å²) in [5.74, 6) is 0. The van der Waals surface area contributed by atoms with Crippen molar-refractivity contribution < 1.29 is 41.4 Å². The third-order valence-corrected chi connectivity index (χ3v) is 9.70. The normalized spacial score (nSPS) is 23.1. The SMILES string of the molecule is CS(=O)(=O)O[C@H]1[C@H](O)[C@H](OCc2ccccc2)[C@@H](OCc2ccccc2)[C@H](OCc2ccccc2)[C@]1(COCc1ccccc1)OCc1ccccc1. The first-order valence-corrected chi connectivity index (χ1v) is 19.4. The molecule has 53 heavy (non-hydrogen) atoms. The molecule has 5 aromatic rings. The van der Waals surface area contributed by atoms with Crippen LogP contribution in [0.15, 0.2) is 152 Å². The van der Waals surface area contributed by atoms with Crippen molar-refractivity contribution >= 4 is 10.1 Å². The summed E-state index contributed by atoms with van der Waals surface area (Å²) in [5, 5.41) is 12.4. The van der Waals surface area contributed by atoms with E-state index in [0.29, 0.717) is 0 Å². The lowest BCUT2D eigenvalue weighted by Crippen LogP contribution is -2.75. The molecule has 0 aliphatic heterocycles. The van der Waals surface area contributed by atoms with Crippen molar-refractivity contribution in [2.24, 2.45) is 0 Å². The zero-order valence-electron chi connectivity index (χ0n) is 29.7. The fourth-order valence-corrected chi connectivity index (χ4v) is 7.22. The monoisotopic (exact) mass is 738 g/mol. The van der Waals surface area contributed by atoms with Crippen molar-refractivity contribution in [2.75, 3.05) is 12.9 Å². The van der Waals surface area contributed by atoms with E-state index >= 15 is 0 Å². The third kappa shape index (κ3) is 10.7. The van der Waals surface area contributed by atoms with Crippen LogP contribution in [0.25, 0.3) is 0 Å². The Balaban J connectivity index is 1.47. The minimum atomic E-state index is -4.19. The van der Waals surface area contributed by atoms with Gasteiger partial charge in [0.15, 0.2) is 5.60 Å². The summed E-state index contributed by atoms with van der Waals surface area (Å²) in [4.78, 5) is 0. The van der Waals surface area contributed by atoms with Crippen LogP contribution < -0.4 is 0 Å². The Morgan fingerprint density at radius 1 is 0.509 bits per heavy atom. The summed E-state index contributed by atoms with van der Waals surface area (Å²) in [5.41, 5.74) is 2.57. The molecule has 278 valence electrons. The van der Waals surface area contributed by atoms with Gasteiger partial charge in [0.1, 0.15) is 30.5 Å². The molecule has 0 amide bonds. The van der Waals surface area contributed by atoms with Gasteiger partial charge in [0.2, 0.25) is 0 Å². The van der Waals surface area contributed by atoms with Crippen LogP contribution in [0.3, 0.4) is 0 Å². The molecule has 10 heteroatoms. The Hall–Kier alpha value is -4.23. The maximum atomic E-state index is 13.1. The zero-order chi connectivity index (χ0) is 36.9. The molecule has 0 heterocycles. The van der Waals surface area contributed by atoms with E-state index in [1.54, 1.807) is 0 Å². The molecule has 1 saturated carbocycles. The first kappa shape index (κ1) is 38.5. The van der Waals surface area contributed by atoms with E-state index in [4.69, 9.17) is 27.9 Å². The van der Waals surface area contributed by atoms with Crippen molar-refractivity contribution in [1.29, 1.82) is 0 Å². The standard InChI is InChI=1S/C43H46O9S/c1-53(45,46)52-41-38(44)39(48-28-34-19-9-3-10-20-34)40(49-29-35-21-11-4-12-22-35)42(50-30-36-23-13-5-14-24-36)43(41,51-31-37-25-15-6-16-26-37)32-47-27-33-17-7-2-8-18-33/h2-26,38-42,44H,27-32H2,1H3/t38-,39+,40-,41+,42+,43-/m1/s1. The smallest absolute Gasteiger partial charge is 0.264 e. The molecule has 0 spiro atoms. The van der Waals surface area contributed by atoms with Gasteiger partial charge in [-0.1, -0.05) is 152 Å². The highest BCUT2D eigenvalue weighted by atomic mass is 32.2. The summed E-state index contributed by atoms with van der Waals surface area (Å²) in [7, 11) is -4.19. The predicted molar refractivity (Wildman–Crippen MR) is 201 cm³/mol. The lowest BCUT2D eigenvalue weighted by atomic mass is 9.74. The van der Waals surface area contributed by atoms with E-state index in [-0.39, 0.29) is 39.6 Å². The second-order valence-electron chi connectivity index (χ2n) is 13.2. The molecule has 1 N–H and O–H groups in total. The van der Waals surface area contributed by atoms with Gasteiger partial charge in [0, 0.05) is 0 Å². The van der Waals surface area contributed by atoms with Gasteiger partial charge < -0.3 is 28.8 Å². The Kier molecular flexibility index (Phi) is 13.6. The maximum absolute atomic E-state index is 13.1. The van der Waals surface area contributed by atoms with E-state index < -0.39 is 46.2 Å². The first-order chi connectivity index (χ1) is 25.8. The van der Waals surface area contributed by atoms with Gasteiger partial charge in [-0.15, -0.1) is 0 Å². The molecule has 6 rings (SSSR count). The molecule has 0 unspecified atom stereocenters. The zero-order valence-corrected chi connectivity index (χ0v) is 30.5. The molecule has 1 aliphatic rings. The molecule has 0 bridgehead atoms. The van der Waals surface area contributed by atoms with Crippen molar-refractivity contribution in [2.45, 2.75) is 69.2 Å². The van der Waals surface area contributed by atoms with E-state index in [0.717, 1.165) is 34.1 Å². The second-order valence-corrected chi connectivity index (χ2v) is 14.8. The number of aliphatic hydroxyl groups is 1. The van der Waals surface area contributed by atoms with Gasteiger partial charge in [0.25, 0.3) is 10.1 Å². The molecule has 0 radical (unpaired) electrons. The minimum absolute atomic E-state index is 0.0258. The number of aliphatic hydroxyl groups excluding tert-OH is 1. The predicted octanol–water partition coefficient (Wildman–Crippen LogP) is 6.63. The quantitative estimate of drug-likeness (QED) is 0.0991. The van der Waals surface area contributed by atoms with Crippen LogP contribution >= 0.6 is 0 Å². The number of rotatable bonds is 18. The third-order valence-electron chi connectivity index (χ3n) is 9.14. The number of hydrogen-bond donors (Lipinski definition) is 1. The molecule has 1 aliphatic carbocycles. The van der Waals surface area contributed by atoms with Crippen LogP contribution in [-0.4, -0.2) is 62.5 Å². The Labute approximate surface area is 312 Å². The van der Waals surface area contributed by atoms with Crippen molar-refractivity contribution in [3.05, 3.63) is 179 Å². The van der Waals surface area contributed by atoms with Gasteiger partial charge in [-0.25, -0.2) is 0 Å². The Morgan fingerprint density at radius 2 is 0.887 bits per heavy atom. The van der Waals surface area contributed by atoms with Gasteiger partial charge in [0.05, 0.1) is 45.9 Å². The average molecular weight is 739 g/mol. The highest BCUT2D eigenvalue weighted by Gasteiger charge is 2.64. The fourth-order valence-electron chi connectivity index (χ4n) is 6.56. The van der Waals surface area contributed by atoms with Gasteiger partial charge in [-0.2, -0.15) is 8.42 Å². The lowest BCUT2D eigenvalue weighted by molar-refractivity contribution is -0.318. The van der Waals surface area contributed by atoms with Crippen LogP contribution in [0.4, 0.5) is 0 Å². The van der Waals surface area contributed by atoms with E-state index in [1.807, 2.05) is 152 Å². The van der Waals surface area contributed by atoms with Gasteiger partial charge >= 0.3 is 0 Å². The topological polar surface area (TPSA) is 110 Å². The molecule has 0 saturated heterocycles. The van der Waals surface area contributed by atoms with Gasteiger partial charge in [-0.05, 0) is 27.8 Å². The van der Waals surface area contributed by atoms with Crippen LogP contribution in [0.5, 0.6) is 0 Å². The highest BCUT2D eigenvalue weighted by Crippen LogP contribution is 2.42. The number of hydrogen-bond acceptors (Lipinski definition) is 9. The number of ether oxygens (including phenoxy) is 5. The molecule has 1 fully saturated rings. The second kappa shape index (κ2) is 18.7. The summed E-state index contributed by atoms with van der Waals surface area (Å²) in [6, 6.07) is 47.9. The Morgan fingerprint density at radius 3 is 1.32 bits per heavy atom. The van der Waals surface area contributed by atoms with Gasteiger partial charge in [-0.3, -0.25) is 4.18 Å². The molecular formula is C43H46O9S. The molecule has 6 atom stereocenters. The summed E-state index contributed by atoms with van der Waals surface area (Å²) in [6.07, 6.45) is -5.34. The van der Waals surface area contributed by atoms with E-state index in [1.165, 1.54) is 0 Å². The van der Waals surface area contributed by atoms with Crippen molar-refractivity contribution in [3.63, 3.8) is 0 Å². The highest BCUT2D eigenvalue weighted by molar-refractivity contribution is 7.86. The van der Waals surface area contributed by atoms with Crippen LogP contribution in [-0.2, 0) is 71.0 Å². The molecule has 9 nitrogen and oxygen atoms in total. The van der Waals surface area contributed by atoms with Crippen LogP contribution in [0, 0.1) is 0 Å². The summed E-state index contributed by atoms with van der Waals surface area (Å²) >= 11 is 0. The fraction of sp³-hybridized carbons (Fsp3) is 0.302. The lowest BCUT2D eigenvalue weighted by Gasteiger charge is -2.54. The summed E-state index contributed by atoms with van der Waals surface area (Å²) < 4.78 is 65.5. The molecule has 5 aromatic carbocycles. The minimum Gasteiger partial charge on any atom is -0.387 e. The van der Waals surface area contributed by atoms with Crippen molar-refractivity contribution in [1.82, 2.24) is 0 Å². The van der Waals surface area contributed by atoms with Crippen LogP contribution in [0.1, 0.15) is 27.8 Å². The van der Waals surface area contributed by atoms with E-state index in [9.17, 15) is 13.5 Å². The van der Waals surface area contributed by atoms with E-state index in [2.05, 4.69) is 0 Å². The largest absolute Gasteiger partial charge is 0.387 e. The van der Waals surface area contributed by atoms with Crippen LogP contribution in [0.2, 0.25) is 0 Å². The molecular weight excluding hydrogens is 693 g/mol. The molecule has 0 aromatic heterocycles. The maximum Gasteiger partial charge on any atom is 0.264 e. The average Bonchev–Trinajstić information content (AvgIpc) is 3.18. The Bertz CT molecular complexity index is 1900.